The quantitative estimate of drug-likeness (QED) is 0.750. The first-order valence-corrected chi connectivity index (χ1v) is 9.13. The number of aromatic nitrogens is 3. The summed E-state index contributed by atoms with van der Waals surface area (Å²) in [6, 6.07) is 5.27. The minimum absolute atomic E-state index is 0.0363. The van der Waals surface area contributed by atoms with Crippen molar-refractivity contribution in [2.75, 3.05) is 18.0 Å². The first-order valence-electron chi connectivity index (χ1n) is 9.13. The number of hydrogen-bond donors (Lipinski definition) is 1. The number of pyridine rings is 1. The topological polar surface area (TPSA) is 71.0 Å². The molecule has 8 heteroatoms. The molecule has 28 heavy (non-hydrogen) atoms. The third kappa shape index (κ3) is 3.90. The number of benzene rings is 1. The molecule has 1 saturated heterocycles. The van der Waals surface area contributed by atoms with E-state index in [9.17, 15) is 13.6 Å². The molecule has 1 aliphatic rings. The lowest BCUT2D eigenvalue weighted by atomic mass is 9.96. The smallest absolute Gasteiger partial charge is 0.225 e. The maximum Gasteiger partial charge on any atom is 0.225 e. The van der Waals surface area contributed by atoms with E-state index in [-0.39, 0.29) is 23.9 Å². The summed E-state index contributed by atoms with van der Waals surface area (Å²) in [6.45, 7) is 1.41. The molecule has 0 spiro atoms. The molecule has 1 N–H and O–H groups in total. The summed E-state index contributed by atoms with van der Waals surface area (Å²) in [5.41, 5.74) is 2.45. The molecule has 1 fully saturated rings. The van der Waals surface area contributed by atoms with Crippen molar-refractivity contribution in [2.45, 2.75) is 19.4 Å². The molecule has 1 unspecified atom stereocenters. The van der Waals surface area contributed by atoms with E-state index in [4.69, 9.17) is 0 Å². The Morgan fingerprint density at radius 1 is 1.18 bits per heavy atom. The lowest BCUT2D eigenvalue weighted by molar-refractivity contribution is -0.125. The van der Waals surface area contributed by atoms with Crippen molar-refractivity contribution in [1.82, 2.24) is 20.3 Å². The van der Waals surface area contributed by atoms with Crippen LogP contribution in [0.5, 0.6) is 0 Å². The van der Waals surface area contributed by atoms with Crippen LogP contribution in [0.3, 0.4) is 0 Å². The molecular formula is C20H19F2N5O. The molecule has 0 saturated carbocycles. The van der Waals surface area contributed by atoms with Crippen molar-refractivity contribution >= 4 is 22.8 Å². The predicted molar refractivity (Wildman–Crippen MR) is 100 cm³/mol. The second kappa shape index (κ2) is 7.84. The van der Waals surface area contributed by atoms with E-state index in [1.54, 1.807) is 18.6 Å². The van der Waals surface area contributed by atoms with Crippen LogP contribution in [-0.4, -0.2) is 33.9 Å². The molecule has 3 heterocycles. The molecule has 1 amide bonds. The number of carbonyl (C=O) groups is 1. The van der Waals surface area contributed by atoms with E-state index in [2.05, 4.69) is 25.2 Å². The van der Waals surface area contributed by atoms with Crippen molar-refractivity contribution in [2.24, 2.45) is 5.92 Å². The zero-order valence-corrected chi connectivity index (χ0v) is 15.1. The fourth-order valence-corrected chi connectivity index (χ4v) is 3.44. The number of rotatable bonds is 4. The van der Waals surface area contributed by atoms with Gasteiger partial charge in [0.25, 0.3) is 0 Å². The Hall–Kier alpha value is -3.16. The van der Waals surface area contributed by atoms with Crippen LogP contribution in [0.25, 0.3) is 11.2 Å². The zero-order valence-electron chi connectivity index (χ0n) is 15.1. The molecule has 0 bridgehead atoms. The highest BCUT2D eigenvalue weighted by molar-refractivity contribution is 5.80. The number of carbonyl (C=O) groups excluding carboxylic acids is 1. The summed E-state index contributed by atoms with van der Waals surface area (Å²) in [5.74, 6) is -1.64. The van der Waals surface area contributed by atoms with E-state index in [1.807, 2.05) is 6.07 Å². The zero-order chi connectivity index (χ0) is 19.5. The lowest BCUT2D eigenvalue weighted by Crippen LogP contribution is -2.43. The summed E-state index contributed by atoms with van der Waals surface area (Å²) in [5, 5.41) is 2.76. The van der Waals surface area contributed by atoms with Crippen LogP contribution < -0.4 is 10.2 Å². The van der Waals surface area contributed by atoms with E-state index in [0.29, 0.717) is 17.7 Å². The predicted octanol–water partition coefficient (Wildman–Crippen LogP) is 2.84. The van der Waals surface area contributed by atoms with Gasteiger partial charge in [-0.25, -0.2) is 18.7 Å². The summed E-state index contributed by atoms with van der Waals surface area (Å²) in [4.78, 5) is 27.4. The number of piperidine rings is 1. The monoisotopic (exact) mass is 383 g/mol. The molecular weight excluding hydrogens is 364 g/mol. The number of halogens is 2. The summed E-state index contributed by atoms with van der Waals surface area (Å²) in [6.07, 6.45) is 6.58. The van der Waals surface area contributed by atoms with E-state index in [1.165, 1.54) is 12.1 Å². The Bertz CT molecular complexity index is 1010. The van der Waals surface area contributed by atoms with Gasteiger partial charge in [-0.1, -0.05) is 6.07 Å². The largest absolute Gasteiger partial charge is 0.369 e. The number of fused-ring (bicyclic) bond motifs is 1. The third-order valence-corrected chi connectivity index (χ3v) is 4.94. The number of nitrogens with one attached hydrogen (secondary N) is 1. The van der Waals surface area contributed by atoms with Gasteiger partial charge in [0.15, 0.2) is 5.65 Å². The van der Waals surface area contributed by atoms with Gasteiger partial charge in [0.1, 0.15) is 17.2 Å². The first kappa shape index (κ1) is 18.2. The highest BCUT2D eigenvalue weighted by atomic mass is 19.1. The van der Waals surface area contributed by atoms with Crippen LogP contribution in [0.15, 0.2) is 42.9 Å². The second-order valence-electron chi connectivity index (χ2n) is 6.83. The Labute approximate surface area is 160 Å². The molecule has 144 valence electrons. The van der Waals surface area contributed by atoms with Crippen molar-refractivity contribution in [3.63, 3.8) is 0 Å². The minimum atomic E-state index is -0.658. The fourth-order valence-electron chi connectivity index (χ4n) is 3.44. The van der Waals surface area contributed by atoms with Gasteiger partial charge in [-0.2, -0.15) is 0 Å². The summed E-state index contributed by atoms with van der Waals surface area (Å²) in [7, 11) is 0. The number of hydrogen-bond acceptors (Lipinski definition) is 5. The molecule has 0 aliphatic carbocycles. The third-order valence-electron chi connectivity index (χ3n) is 4.94. The van der Waals surface area contributed by atoms with Gasteiger partial charge in [-0.3, -0.25) is 9.78 Å². The Morgan fingerprint density at radius 3 is 2.89 bits per heavy atom. The highest BCUT2D eigenvalue weighted by Gasteiger charge is 2.26. The highest BCUT2D eigenvalue weighted by Crippen LogP contribution is 2.24. The van der Waals surface area contributed by atoms with Gasteiger partial charge in [-0.15, -0.1) is 0 Å². The van der Waals surface area contributed by atoms with Crippen LogP contribution in [-0.2, 0) is 11.3 Å². The van der Waals surface area contributed by atoms with Crippen molar-refractivity contribution in [1.29, 1.82) is 0 Å². The van der Waals surface area contributed by atoms with Crippen LogP contribution in [0.4, 0.5) is 14.5 Å². The Balaban J connectivity index is 1.41. The summed E-state index contributed by atoms with van der Waals surface area (Å²) >= 11 is 0. The van der Waals surface area contributed by atoms with Gasteiger partial charge in [0.2, 0.25) is 5.91 Å². The first-order chi connectivity index (χ1) is 13.6. The molecule has 1 aliphatic heterocycles. The van der Waals surface area contributed by atoms with Gasteiger partial charge >= 0.3 is 0 Å². The molecule has 0 radical (unpaired) electrons. The number of anilines is 1. The van der Waals surface area contributed by atoms with Gasteiger partial charge in [0, 0.05) is 43.7 Å². The molecule has 4 rings (SSSR count). The molecule has 6 nitrogen and oxygen atoms in total. The number of amides is 1. The van der Waals surface area contributed by atoms with E-state index < -0.39 is 11.6 Å². The molecule has 1 aromatic carbocycles. The van der Waals surface area contributed by atoms with Crippen molar-refractivity contribution in [3.05, 3.63) is 60.1 Å². The van der Waals surface area contributed by atoms with Crippen molar-refractivity contribution in [3.8, 4) is 0 Å². The maximum absolute atomic E-state index is 13.7. The second-order valence-corrected chi connectivity index (χ2v) is 6.83. The molecule has 3 aromatic rings. The van der Waals surface area contributed by atoms with E-state index >= 15 is 0 Å². The molecule has 2 aromatic heterocycles. The maximum atomic E-state index is 13.7. The average Bonchev–Trinajstić information content (AvgIpc) is 2.72. The van der Waals surface area contributed by atoms with Crippen LogP contribution in [0, 0.1) is 17.6 Å². The average molecular weight is 383 g/mol. The van der Waals surface area contributed by atoms with Crippen LogP contribution in [0.2, 0.25) is 0 Å². The van der Waals surface area contributed by atoms with Gasteiger partial charge in [-0.05, 0) is 25.0 Å². The van der Waals surface area contributed by atoms with Crippen molar-refractivity contribution < 1.29 is 13.6 Å². The van der Waals surface area contributed by atoms with E-state index in [0.717, 1.165) is 31.1 Å². The summed E-state index contributed by atoms with van der Waals surface area (Å²) < 4.78 is 26.7. The SMILES string of the molecule is O=C(NCc1ccc(F)cc1F)C1CCCN(c2cnc3nccnc3c2)C1. The number of nitrogens with zero attached hydrogens (tertiary/aromatic N) is 4. The standard InChI is InChI=1S/C20H19F2N5O/c21-15-4-3-13(17(22)8-15)10-26-20(28)14-2-1-7-27(12-14)16-9-18-19(25-11-16)24-6-5-23-18/h3-6,8-9,11,14H,1-2,7,10,12H2,(H,26,28). The Morgan fingerprint density at radius 2 is 2.04 bits per heavy atom. The van der Waals surface area contributed by atoms with Gasteiger partial charge in [0.05, 0.1) is 17.8 Å². The minimum Gasteiger partial charge on any atom is -0.369 e. The lowest BCUT2D eigenvalue weighted by Gasteiger charge is -2.33. The van der Waals surface area contributed by atoms with Crippen LogP contribution in [0.1, 0.15) is 18.4 Å². The molecule has 1 atom stereocenters. The van der Waals surface area contributed by atoms with Crippen LogP contribution >= 0.6 is 0 Å². The van der Waals surface area contributed by atoms with Gasteiger partial charge < -0.3 is 10.2 Å². The normalized spacial score (nSPS) is 16.9. The fraction of sp³-hybridized carbons (Fsp3) is 0.300. The Kier molecular flexibility index (Phi) is 5.10.